The van der Waals surface area contributed by atoms with Crippen molar-refractivity contribution in [2.45, 2.75) is 52.5 Å². The first-order chi connectivity index (χ1) is 8.95. The van der Waals surface area contributed by atoms with Crippen LogP contribution in [0.4, 0.5) is 4.79 Å². The molecule has 1 rings (SSSR count). The van der Waals surface area contributed by atoms with Crippen LogP contribution in [-0.4, -0.2) is 41.1 Å². The third-order valence-electron chi connectivity index (χ3n) is 4.06. The van der Waals surface area contributed by atoms with Crippen LogP contribution in [0.2, 0.25) is 0 Å². The molecule has 0 saturated carbocycles. The summed E-state index contributed by atoms with van der Waals surface area (Å²) in [6, 6.07) is -1.03. The molecule has 0 aliphatic carbocycles. The zero-order chi connectivity index (χ0) is 14.4. The molecular weight excluding hydrogens is 244 g/mol. The van der Waals surface area contributed by atoms with Crippen LogP contribution in [0.5, 0.6) is 0 Å². The molecule has 1 aliphatic heterocycles. The van der Waals surface area contributed by atoms with Crippen LogP contribution in [0, 0.1) is 11.8 Å². The summed E-state index contributed by atoms with van der Waals surface area (Å²) in [7, 11) is 0. The first-order valence-electron chi connectivity index (χ1n) is 7.24. The predicted octanol–water partition coefficient (Wildman–Crippen LogP) is 2.32. The van der Waals surface area contributed by atoms with Gasteiger partial charge in [-0.15, -0.1) is 0 Å². The second kappa shape index (κ2) is 7.36. The highest BCUT2D eigenvalue weighted by molar-refractivity contribution is 5.82. The zero-order valence-corrected chi connectivity index (χ0v) is 12.2. The van der Waals surface area contributed by atoms with Crippen molar-refractivity contribution in [2.24, 2.45) is 11.8 Å². The molecule has 5 nitrogen and oxygen atoms in total. The number of carbonyl (C=O) groups is 2. The number of carbonyl (C=O) groups excluding carboxylic acids is 1. The molecule has 0 aromatic rings. The minimum atomic E-state index is -0.953. The summed E-state index contributed by atoms with van der Waals surface area (Å²) in [5.41, 5.74) is 0. The average molecular weight is 270 g/mol. The van der Waals surface area contributed by atoms with E-state index in [-0.39, 0.29) is 11.9 Å². The summed E-state index contributed by atoms with van der Waals surface area (Å²) in [5, 5.41) is 11.9. The molecule has 5 heteroatoms. The molecule has 1 unspecified atom stereocenters. The molecule has 0 aromatic carbocycles. The largest absolute Gasteiger partial charge is 0.480 e. The van der Waals surface area contributed by atoms with Crippen molar-refractivity contribution in [3.8, 4) is 0 Å². The Hall–Kier alpha value is -1.26. The van der Waals surface area contributed by atoms with Gasteiger partial charge >= 0.3 is 12.0 Å². The van der Waals surface area contributed by atoms with Gasteiger partial charge in [0.2, 0.25) is 0 Å². The number of nitrogens with one attached hydrogen (secondary N) is 1. The van der Waals surface area contributed by atoms with E-state index < -0.39 is 12.0 Å². The smallest absolute Gasteiger partial charge is 0.326 e. The predicted molar refractivity (Wildman–Crippen MR) is 74.0 cm³/mol. The minimum absolute atomic E-state index is 0.0626. The Morgan fingerprint density at radius 1 is 1.37 bits per heavy atom. The van der Waals surface area contributed by atoms with Gasteiger partial charge in [0, 0.05) is 13.1 Å². The maximum Gasteiger partial charge on any atom is 0.326 e. The normalized spacial score (nSPS) is 23.3. The highest BCUT2D eigenvalue weighted by Gasteiger charge is 2.28. The molecule has 0 radical (unpaired) electrons. The SMILES string of the molecule is CC[C@H](C)[C@H](NC(=O)N1CCCC(C)CC1)C(=O)O. The lowest BCUT2D eigenvalue weighted by molar-refractivity contribution is -0.140. The molecule has 1 saturated heterocycles. The van der Waals surface area contributed by atoms with E-state index in [1.807, 2.05) is 13.8 Å². The lowest BCUT2D eigenvalue weighted by atomic mass is 9.99. The van der Waals surface area contributed by atoms with Crippen molar-refractivity contribution in [3.05, 3.63) is 0 Å². The number of hydrogen-bond acceptors (Lipinski definition) is 2. The van der Waals surface area contributed by atoms with E-state index in [4.69, 9.17) is 0 Å². The zero-order valence-electron chi connectivity index (χ0n) is 12.2. The number of amides is 2. The Bertz CT molecular complexity index is 320. The van der Waals surface area contributed by atoms with Crippen molar-refractivity contribution < 1.29 is 14.7 Å². The number of rotatable bonds is 4. The third kappa shape index (κ3) is 4.73. The highest BCUT2D eigenvalue weighted by Crippen LogP contribution is 2.17. The second-order valence-corrected chi connectivity index (χ2v) is 5.67. The van der Waals surface area contributed by atoms with E-state index in [0.717, 1.165) is 38.8 Å². The van der Waals surface area contributed by atoms with Gasteiger partial charge in [0.1, 0.15) is 6.04 Å². The van der Waals surface area contributed by atoms with Crippen LogP contribution in [0.3, 0.4) is 0 Å². The van der Waals surface area contributed by atoms with E-state index in [1.165, 1.54) is 0 Å². The molecule has 0 aromatic heterocycles. The topological polar surface area (TPSA) is 69.6 Å². The fourth-order valence-electron chi connectivity index (χ4n) is 2.37. The Balaban J connectivity index is 2.58. The average Bonchev–Trinajstić information content (AvgIpc) is 2.59. The number of aliphatic carboxylic acids is 1. The summed E-state index contributed by atoms with van der Waals surface area (Å²) < 4.78 is 0. The molecular formula is C14H26N2O3. The first-order valence-corrected chi connectivity index (χ1v) is 7.24. The van der Waals surface area contributed by atoms with Gasteiger partial charge in [-0.25, -0.2) is 9.59 Å². The lowest BCUT2D eigenvalue weighted by Gasteiger charge is -2.26. The van der Waals surface area contributed by atoms with E-state index in [1.54, 1.807) is 4.90 Å². The Morgan fingerprint density at radius 3 is 2.63 bits per heavy atom. The lowest BCUT2D eigenvalue weighted by Crippen LogP contribution is -2.50. The first kappa shape index (κ1) is 15.8. The summed E-state index contributed by atoms with van der Waals surface area (Å²) in [6.45, 7) is 7.42. The van der Waals surface area contributed by atoms with Gasteiger partial charge in [-0.3, -0.25) is 0 Å². The van der Waals surface area contributed by atoms with Gasteiger partial charge in [-0.1, -0.05) is 27.2 Å². The number of nitrogens with zero attached hydrogens (tertiary/aromatic N) is 1. The molecule has 2 amide bonds. The molecule has 1 aliphatic rings. The van der Waals surface area contributed by atoms with Crippen molar-refractivity contribution in [3.63, 3.8) is 0 Å². The van der Waals surface area contributed by atoms with Gasteiger partial charge in [0.05, 0.1) is 0 Å². The molecule has 2 N–H and O–H groups in total. The van der Waals surface area contributed by atoms with Gasteiger partial charge in [-0.2, -0.15) is 0 Å². The molecule has 1 heterocycles. The molecule has 0 bridgehead atoms. The second-order valence-electron chi connectivity index (χ2n) is 5.67. The standard InChI is InChI=1S/C14H26N2O3/c1-4-11(3)12(13(17)18)15-14(19)16-8-5-6-10(2)7-9-16/h10-12H,4-9H2,1-3H3,(H,15,19)(H,17,18)/t10?,11-,12-/m0/s1. The summed E-state index contributed by atoms with van der Waals surface area (Å²) in [4.78, 5) is 25.1. The van der Waals surface area contributed by atoms with Crippen molar-refractivity contribution in [2.75, 3.05) is 13.1 Å². The number of urea groups is 1. The Kier molecular flexibility index (Phi) is 6.12. The van der Waals surface area contributed by atoms with Gasteiger partial charge in [0.15, 0.2) is 0 Å². The summed E-state index contributed by atoms with van der Waals surface area (Å²) in [6.07, 6.45) is 3.86. The molecule has 1 fully saturated rings. The minimum Gasteiger partial charge on any atom is -0.480 e. The fraction of sp³-hybridized carbons (Fsp3) is 0.857. The highest BCUT2D eigenvalue weighted by atomic mass is 16.4. The van der Waals surface area contributed by atoms with Gasteiger partial charge in [-0.05, 0) is 31.1 Å². The van der Waals surface area contributed by atoms with E-state index in [0.29, 0.717) is 5.92 Å². The van der Waals surface area contributed by atoms with E-state index in [9.17, 15) is 14.7 Å². The molecule has 0 spiro atoms. The van der Waals surface area contributed by atoms with Crippen molar-refractivity contribution in [1.82, 2.24) is 10.2 Å². The Labute approximate surface area is 115 Å². The van der Waals surface area contributed by atoms with Crippen LogP contribution in [0.25, 0.3) is 0 Å². The monoisotopic (exact) mass is 270 g/mol. The number of carboxylic acid groups (broad SMARTS) is 1. The number of likely N-dealkylation sites (tertiary alicyclic amines) is 1. The van der Waals surface area contributed by atoms with Crippen LogP contribution in [0.15, 0.2) is 0 Å². The molecule has 110 valence electrons. The summed E-state index contributed by atoms with van der Waals surface area (Å²) in [5.74, 6) is -0.374. The van der Waals surface area contributed by atoms with Crippen molar-refractivity contribution >= 4 is 12.0 Å². The molecule has 3 atom stereocenters. The van der Waals surface area contributed by atoms with Crippen LogP contribution in [0.1, 0.15) is 46.5 Å². The van der Waals surface area contributed by atoms with Gasteiger partial charge < -0.3 is 15.3 Å². The molecule has 19 heavy (non-hydrogen) atoms. The van der Waals surface area contributed by atoms with Crippen LogP contribution in [-0.2, 0) is 4.79 Å². The Morgan fingerprint density at radius 2 is 2.05 bits per heavy atom. The quantitative estimate of drug-likeness (QED) is 0.823. The summed E-state index contributed by atoms with van der Waals surface area (Å²) >= 11 is 0. The number of carboxylic acids is 1. The van der Waals surface area contributed by atoms with Crippen LogP contribution >= 0.6 is 0 Å². The van der Waals surface area contributed by atoms with Gasteiger partial charge in [0.25, 0.3) is 0 Å². The third-order valence-corrected chi connectivity index (χ3v) is 4.06. The number of hydrogen-bond donors (Lipinski definition) is 2. The maximum atomic E-state index is 12.1. The van der Waals surface area contributed by atoms with E-state index >= 15 is 0 Å². The fourth-order valence-corrected chi connectivity index (χ4v) is 2.37. The van der Waals surface area contributed by atoms with Crippen molar-refractivity contribution in [1.29, 1.82) is 0 Å². The van der Waals surface area contributed by atoms with Crippen LogP contribution < -0.4 is 5.32 Å². The maximum absolute atomic E-state index is 12.1. The van der Waals surface area contributed by atoms with E-state index in [2.05, 4.69) is 12.2 Å².